The van der Waals surface area contributed by atoms with Crippen LogP contribution in [0.1, 0.15) is 17.0 Å². The van der Waals surface area contributed by atoms with Crippen LogP contribution in [0.3, 0.4) is 0 Å². The van der Waals surface area contributed by atoms with Gasteiger partial charge in [0.2, 0.25) is 0 Å². The first-order chi connectivity index (χ1) is 7.88. The first kappa shape index (κ1) is 16.6. The fourth-order valence-electron chi connectivity index (χ4n) is 1.04. The Labute approximate surface area is 116 Å². The van der Waals surface area contributed by atoms with Crippen molar-refractivity contribution in [2.45, 2.75) is 27.7 Å². The normalized spacial score (nSPS) is 10.8. The Morgan fingerprint density at radius 1 is 1.29 bits per heavy atom. The molecule has 0 aliphatic heterocycles. The Kier molecular flexibility index (Phi) is 8.42. The minimum atomic E-state index is -1.15. The zero-order valence-corrected chi connectivity index (χ0v) is 14.4. The molecule has 1 unspecified atom stereocenters. The molecule has 0 aromatic heterocycles. The second-order valence-electron chi connectivity index (χ2n) is 4.34. The van der Waals surface area contributed by atoms with E-state index in [2.05, 4.69) is 27.0 Å². The molecule has 1 atom stereocenters. The third-order valence-electron chi connectivity index (χ3n) is 1.83. The van der Waals surface area contributed by atoms with Crippen molar-refractivity contribution in [3.05, 3.63) is 35.4 Å². The molecule has 1 rings (SSSR count). The Balaban J connectivity index is 0.000000557. The van der Waals surface area contributed by atoms with E-state index in [0.29, 0.717) is 5.56 Å². The fraction of sp³-hybridized carbons (Fsp3) is 0.385. The van der Waals surface area contributed by atoms with Crippen LogP contribution in [0.2, 0.25) is 14.8 Å². The number of rotatable bonds is 3. The van der Waals surface area contributed by atoms with Crippen LogP contribution in [-0.4, -0.2) is 31.1 Å². The topological polar surface area (TPSA) is 40.1 Å². The third-order valence-corrected chi connectivity index (χ3v) is 2.10. The van der Waals surface area contributed by atoms with Gasteiger partial charge in [-0.1, -0.05) is 42.0 Å². The summed E-state index contributed by atoms with van der Waals surface area (Å²) >= 11 is 4.08. The van der Waals surface area contributed by atoms with E-state index in [9.17, 15) is 9.90 Å². The van der Waals surface area contributed by atoms with Crippen molar-refractivity contribution in [2.24, 2.45) is 0 Å². The van der Waals surface area contributed by atoms with Crippen LogP contribution in [0.4, 0.5) is 0 Å². The number of benzene rings is 1. The average molecular weight is 357 g/mol. The molecular formula is C13H18O2SSn. The van der Waals surface area contributed by atoms with E-state index in [1.807, 2.05) is 19.1 Å². The standard InChI is InChI=1S/C10H10O2S.3CH3.Sn/c1-7-2-4-8(5-3-7)9(6-13)10(11)12;;;;/h2-6,9H,1H3,(H,11,12);3*1H3;/q;;;;+1/p-1. The van der Waals surface area contributed by atoms with Crippen LogP contribution in [0, 0.1) is 6.92 Å². The van der Waals surface area contributed by atoms with Crippen molar-refractivity contribution in [2.75, 3.05) is 0 Å². The van der Waals surface area contributed by atoms with E-state index in [-0.39, 0.29) is 0 Å². The van der Waals surface area contributed by atoms with Crippen LogP contribution in [0.25, 0.3) is 0 Å². The molecule has 92 valence electrons. The number of thiocarbonyl (C=S) groups is 1. The van der Waals surface area contributed by atoms with Gasteiger partial charge in [0.25, 0.3) is 0 Å². The zero-order valence-electron chi connectivity index (χ0n) is 10.7. The third kappa shape index (κ3) is 7.49. The monoisotopic (exact) mass is 358 g/mol. The molecule has 0 saturated heterocycles. The zero-order chi connectivity index (χ0) is 13.4. The SMILES string of the molecule is Cc1ccc(C(C=S)C(=O)[O-])cc1.[CH3][Sn+]([CH3])[CH3]. The van der Waals surface area contributed by atoms with E-state index >= 15 is 0 Å². The molecule has 0 bridgehead atoms. The van der Waals surface area contributed by atoms with Crippen LogP contribution >= 0.6 is 12.2 Å². The Morgan fingerprint density at radius 2 is 1.71 bits per heavy atom. The molecule has 0 aliphatic carbocycles. The fourth-order valence-corrected chi connectivity index (χ4v) is 1.31. The Bertz CT molecular complexity index is 357. The molecule has 0 amide bonds. The predicted octanol–water partition coefficient (Wildman–Crippen LogP) is 2.20. The van der Waals surface area contributed by atoms with E-state index in [1.54, 1.807) is 12.1 Å². The summed E-state index contributed by atoms with van der Waals surface area (Å²) in [5.74, 6) is -1.94. The minimum absolute atomic E-state index is 0.543. The van der Waals surface area contributed by atoms with Crippen molar-refractivity contribution in [3.63, 3.8) is 0 Å². The van der Waals surface area contributed by atoms with Crippen molar-refractivity contribution in [1.82, 2.24) is 0 Å². The van der Waals surface area contributed by atoms with Crippen LogP contribution in [0.15, 0.2) is 24.3 Å². The first-order valence-corrected chi connectivity index (χ1v) is 14.4. The molecule has 0 heterocycles. The number of carboxylic acid groups (broad SMARTS) is 1. The summed E-state index contributed by atoms with van der Waals surface area (Å²) in [5.41, 5.74) is 1.76. The number of carbonyl (C=O) groups is 1. The summed E-state index contributed by atoms with van der Waals surface area (Å²) in [6, 6.07) is 7.20. The van der Waals surface area contributed by atoms with Crippen molar-refractivity contribution in [3.8, 4) is 0 Å². The van der Waals surface area contributed by atoms with E-state index in [0.717, 1.165) is 5.56 Å². The molecule has 0 aliphatic rings. The maximum absolute atomic E-state index is 10.6. The summed E-state index contributed by atoms with van der Waals surface area (Å²) in [5, 5.41) is 11.8. The van der Waals surface area contributed by atoms with Gasteiger partial charge < -0.3 is 9.90 Å². The molecule has 0 saturated carbocycles. The van der Waals surface area contributed by atoms with E-state index in [1.165, 1.54) is 5.37 Å². The molecule has 2 nitrogen and oxygen atoms in total. The summed E-state index contributed by atoms with van der Waals surface area (Å²) in [6.45, 7) is 1.94. The molecule has 0 N–H and O–H groups in total. The predicted molar refractivity (Wildman–Crippen MR) is 75.9 cm³/mol. The molecule has 1 aromatic carbocycles. The van der Waals surface area contributed by atoms with Gasteiger partial charge in [-0.15, -0.1) is 0 Å². The summed E-state index contributed by atoms with van der Waals surface area (Å²) in [7, 11) is 0. The van der Waals surface area contributed by atoms with Gasteiger partial charge in [-0.05, 0) is 17.9 Å². The van der Waals surface area contributed by atoms with Gasteiger partial charge in [-0.3, -0.25) is 0 Å². The van der Waals surface area contributed by atoms with Crippen molar-refractivity contribution < 1.29 is 9.90 Å². The van der Waals surface area contributed by atoms with Gasteiger partial charge in [0.05, 0.1) is 11.9 Å². The molecule has 4 heteroatoms. The number of hydrogen-bond acceptors (Lipinski definition) is 3. The number of carboxylic acids is 1. The van der Waals surface area contributed by atoms with Gasteiger partial charge >= 0.3 is 34.6 Å². The molecule has 0 fully saturated rings. The number of aliphatic carboxylic acids is 1. The van der Waals surface area contributed by atoms with Crippen molar-refractivity contribution >= 4 is 43.3 Å². The summed E-state index contributed by atoms with van der Waals surface area (Å²) in [6.07, 6.45) is 0. The maximum atomic E-state index is 10.6. The number of hydrogen-bond donors (Lipinski definition) is 0. The van der Waals surface area contributed by atoms with E-state index in [4.69, 9.17) is 0 Å². The van der Waals surface area contributed by atoms with Crippen LogP contribution in [-0.2, 0) is 4.79 Å². The Morgan fingerprint density at radius 3 is 2.00 bits per heavy atom. The van der Waals surface area contributed by atoms with Crippen molar-refractivity contribution in [1.29, 1.82) is 0 Å². The molecule has 0 radical (unpaired) electrons. The quantitative estimate of drug-likeness (QED) is 0.615. The Hall–Kier alpha value is -0.421. The summed E-state index contributed by atoms with van der Waals surface area (Å²) in [4.78, 5) is 17.7. The van der Waals surface area contributed by atoms with E-state index < -0.39 is 31.6 Å². The van der Waals surface area contributed by atoms with Gasteiger partial charge in [-0.2, -0.15) is 0 Å². The summed E-state index contributed by atoms with van der Waals surface area (Å²) < 4.78 is 0. The van der Waals surface area contributed by atoms with Gasteiger partial charge in [-0.25, -0.2) is 0 Å². The average Bonchev–Trinajstić information content (AvgIpc) is 2.20. The molecule has 17 heavy (non-hydrogen) atoms. The van der Waals surface area contributed by atoms with Crippen LogP contribution in [0.5, 0.6) is 0 Å². The first-order valence-electron chi connectivity index (χ1n) is 5.38. The van der Waals surface area contributed by atoms with Crippen LogP contribution < -0.4 is 5.11 Å². The molecule has 1 aromatic rings. The second-order valence-corrected chi connectivity index (χ2v) is 13.2. The second kappa shape index (κ2) is 8.64. The van der Waals surface area contributed by atoms with Gasteiger partial charge in [0.1, 0.15) is 0 Å². The van der Waals surface area contributed by atoms with Gasteiger partial charge in [0, 0.05) is 0 Å². The molecule has 0 spiro atoms. The number of carbonyl (C=O) groups excluding carboxylic acids is 1. The van der Waals surface area contributed by atoms with Gasteiger partial charge in [0.15, 0.2) is 0 Å². The molecular weight excluding hydrogens is 339 g/mol. The number of aryl methyl sites for hydroxylation is 1.